The minimum atomic E-state index is -5.08. The van der Waals surface area contributed by atoms with Crippen molar-refractivity contribution in [3.05, 3.63) is 78.1 Å². The Bertz CT molecular complexity index is 1530. The second kappa shape index (κ2) is 15.6. The highest BCUT2D eigenvalue weighted by molar-refractivity contribution is 5.92. The number of aromatic nitrogens is 3. The van der Waals surface area contributed by atoms with E-state index in [1.807, 2.05) is 41.1 Å². The Balaban J connectivity index is 0.000000376. The molecule has 2 aliphatic heterocycles. The van der Waals surface area contributed by atoms with E-state index in [1.54, 1.807) is 36.5 Å². The average Bonchev–Trinajstić information content (AvgIpc) is 3.54. The lowest BCUT2D eigenvalue weighted by Crippen LogP contribution is -2.54. The van der Waals surface area contributed by atoms with Crippen LogP contribution in [0.2, 0.25) is 0 Å². The Kier molecular flexibility index (Phi) is 12.1. The fourth-order valence-corrected chi connectivity index (χ4v) is 4.64. The largest absolute Gasteiger partial charge is 0.497 e. The van der Waals surface area contributed by atoms with E-state index in [4.69, 9.17) is 29.3 Å². The third-order valence-electron chi connectivity index (χ3n) is 7.00. The number of carboxylic acid groups (broad SMARTS) is 2. The molecule has 1 unspecified atom stereocenters. The molecule has 1 fully saturated rings. The summed E-state index contributed by atoms with van der Waals surface area (Å²) in [4.78, 5) is 54.2. The van der Waals surface area contributed by atoms with Gasteiger partial charge in [0.2, 0.25) is 0 Å². The van der Waals surface area contributed by atoms with E-state index in [9.17, 15) is 35.9 Å². The van der Waals surface area contributed by atoms with Crippen molar-refractivity contribution in [2.24, 2.45) is 0 Å². The molecular weight excluding hydrogens is 660 g/mol. The van der Waals surface area contributed by atoms with E-state index in [0.717, 1.165) is 17.1 Å². The van der Waals surface area contributed by atoms with Crippen LogP contribution in [0.15, 0.2) is 61.1 Å². The Morgan fingerprint density at radius 3 is 2.02 bits per heavy atom. The van der Waals surface area contributed by atoms with Crippen molar-refractivity contribution in [2.45, 2.75) is 50.0 Å². The summed E-state index contributed by atoms with van der Waals surface area (Å²) < 4.78 is 77.1. The Morgan fingerprint density at radius 2 is 1.52 bits per heavy atom. The van der Waals surface area contributed by atoms with Gasteiger partial charge in [0.15, 0.2) is 6.10 Å². The van der Waals surface area contributed by atoms with Crippen LogP contribution in [0.25, 0.3) is 0 Å². The fraction of sp³-hybridized carbons (Fsp3) is 0.379. The van der Waals surface area contributed by atoms with Crippen LogP contribution in [-0.2, 0) is 37.8 Å². The van der Waals surface area contributed by atoms with Crippen LogP contribution in [0.4, 0.5) is 26.3 Å². The first-order valence-corrected chi connectivity index (χ1v) is 13.9. The van der Waals surface area contributed by atoms with Crippen LogP contribution >= 0.6 is 0 Å². The van der Waals surface area contributed by atoms with Gasteiger partial charge in [-0.1, -0.05) is 18.2 Å². The highest BCUT2D eigenvalue weighted by Gasteiger charge is 2.48. The number of carboxylic acids is 2. The number of carbonyl (C=O) groups excluding carboxylic acids is 2. The van der Waals surface area contributed by atoms with Crippen LogP contribution in [0.5, 0.6) is 5.75 Å². The van der Waals surface area contributed by atoms with E-state index in [2.05, 4.69) is 15.3 Å². The molecule has 1 atom stereocenters. The molecule has 4 heterocycles. The number of benzene rings is 1. The normalized spacial score (nSPS) is 16.6. The fourth-order valence-electron chi connectivity index (χ4n) is 4.64. The van der Waals surface area contributed by atoms with Gasteiger partial charge in [-0.25, -0.2) is 14.6 Å². The molecule has 13 nitrogen and oxygen atoms in total. The molecule has 1 aromatic carbocycles. The number of imidazole rings is 1. The topological polar surface area (TPSA) is 173 Å². The number of nitrogens with zero attached hydrogens (tertiary/aromatic N) is 4. The standard InChI is InChI=1S/C25H27N5O4.2C2HF3O2/c1-33-19-7-5-18(6-8-19)16-28-22(31)21-17-30-15-12-27-24(30)25(34-21)9-13-29(14-10-25)23(32)20-4-2-3-11-26-20;2*3-2(4,5)1(6)7/h2-8,11-12,15,21H,9-10,13-14,16-17H2,1H3,(H,28,31);2*(H,6,7). The molecule has 0 aliphatic carbocycles. The SMILES string of the molecule is COc1ccc(CNC(=O)C2Cn3ccnc3C3(CCN(C(=O)c4ccccn4)CC3)O2)cc1.O=C(O)C(F)(F)F.O=C(O)C(F)(F)F. The summed E-state index contributed by atoms with van der Waals surface area (Å²) in [5.74, 6) is -4.19. The van der Waals surface area contributed by atoms with Gasteiger partial charge in [-0.2, -0.15) is 26.3 Å². The predicted molar refractivity (Wildman–Crippen MR) is 150 cm³/mol. The molecule has 0 radical (unpaired) electrons. The maximum absolute atomic E-state index is 13.0. The van der Waals surface area contributed by atoms with Gasteiger partial charge in [0.25, 0.3) is 11.8 Å². The molecule has 2 amide bonds. The number of methoxy groups -OCH3 is 1. The number of likely N-dealkylation sites (tertiary alicyclic amines) is 1. The summed E-state index contributed by atoms with van der Waals surface area (Å²) in [5.41, 5.74) is 0.703. The van der Waals surface area contributed by atoms with E-state index in [1.165, 1.54) is 0 Å². The Morgan fingerprint density at radius 1 is 0.938 bits per heavy atom. The van der Waals surface area contributed by atoms with Crippen LogP contribution in [0.3, 0.4) is 0 Å². The number of carbonyl (C=O) groups is 4. The predicted octanol–water partition coefficient (Wildman–Crippen LogP) is 3.40. The molecule has 0 bridgehead atoms. The molecule has 2 aliphatic rings. The number of hydrogen-bond donors (Lipinski definition) is 3. The van der Waals surface area contributed by atoms with E-state index >= 15 is 0 Å². The number of fused-ring (bicyclic) bond motifs is 2. The van der Waals surface area contributed by atoms with Gasteiger partial charge >= 0.3 is 24.3 Å². The summed E-state index contributed by atoms with van der Waals surface area (Å²) in [6.45, 7) is 1.81. The lowest BCUT2D eigenvalue weighted by Gasteiger charge is -2.45. The highest BCUT2D eigenvalue weighted by Crippen LogP contribution is 2.40. The van der Waals surface area contributed by atoms with Crippen LogP contribution in [-0.4, -0.2) is 92.1 Å². The van der Waals surface area contributed by atoms with Crippen LogP contribution < -0.4 is 10.1 Å². The van der Waals surface area contributed by atoms with Crippen molar-refractivity contribution in [3.8, 4) is 5.75 Å². The average molecular weight is 690 g/mol. The second-order valence-corrected chi connectivity index (χ2v) is 10.2. The second-order valence-electron chi connectivity index (χ2n) is 10.2. The zero-order valence-electron chi connectivity index (χ0n) is 25.0. The minimum absolute atomic E-state index is 0.0941. The summed E-state index contributed by atoms with van der Waals surface area (Å²) in [5, 5.41) is 17.2. The van der Waals surface area contributed by atoms with Crippen molar-refractivity contribution in [2.75, 3.05) is 20.2 Å². The molecule has 3 N–H and O–H groups in total. The number of alkyl halides is 6. The Hall–Kier alpha value is -5.20. The molecule has 19 heteroatoms. The molecule has 260 valence electrons. The van der Waals surface area contributed by atoms with Gasteiger partial charge in [0.05, 0.1) is 13.7 Å². The molecule has 2 aromatic heterocycles. The van der Waals surface area contributed by atoms with Crippen LogP contribution in [0.1, 0.15) is 34.7 Å². The van der Waals surface area contributed by atoms with E-state index < -0.39 is 36.0 Å². The third-order valence-corrected chi connectivity index (χ3v) is 7.00. The monoisotopic (exact) mass is 689 g/mol. The van der Waals surface area contributed by atoms with Crippen molar-refractivity contribution >= 4 is 23.8 Å². The smallest absolute Gasteiger partial charge is 0.490 e. The zero-order valence-corrected chi connectivity index (χ0v) is 25.0. The number of aliphatic carboxylic acids is 2. The van der Waals surface area contributed by atoms with Crippen molar-refractivity contribution in [3.63, 3.8) is 0 Å². The van der Waals surface area contributed by atoms with Gasteiger partial charge in [-0.15, -0.1) is 0 Å². The maximum Gasteiger partial charge on any atom is 0.490 e. The number of ether oxygens (including phenoxy) is 2. The summed E-state index contributed by atoms with van der Waals surface area (Å²) in [6, 6.07) is 12.9. The van der Waals surface area contributed by atoms with Gasteiger partial charge in [0, 0.05) is 51.1 Å². The third kappa shape index (κ3) is 9.90. The van der Waals surface area contributed by atoms with Crippen LogP contribution in [0, 0.1) is 0 Å². The van der Waals surface area contributed by atoms with E-state index in [0.29, 0.717) is 44.7 Å². The number of amides is 2. The number of pyridine rings is 1. The number of nitrogens with one attached hydrogen (secondary N) is 1. The Labute approximate surface area is 268 Å². The highest BCUT2D eigenvalue weighted by atomic mass is 19.4. The van der Waals surface area contributed by atoms with Crippen molar-refractivity contribution in [1.29, 1.82) is 0 Å². The molecule has 1 saturated heterocycles. The first-order valence-electron chi connectivity index (χ1n) is 13.9. The van der Waals surface area contributed by atoms with Gasteiger partial charge < -0.3 is 34.5 Å². The van der Waals surface area contributed by atoms with Crippen molar-refractivity contribution in [1.82, 2.24) is 24.8 Å². The summed E-state index contributed by atoms with van der Waals surface area (Å²) in [6.07, 6.45) is -4.44. The molecular formula is C29H29F6N5O8. The molecule has 3 aromatic rings. The molecule has 1 spiro atoms. The lowest BCUT2D eigenvalue weighted by atomic mass is 9.88. The van der Waals surface area contributed by atoms with Crippen molar-refractivity contribution < 1.29 is 65.2 Å². The maximum atomic E-state index is 13.0. The first kappa shape index (κ1) is 37.3. The number of halogens is 6. The van der Waals surface area contributed by atoms with Gasteiger partial charge in [-0.05, 0) is 29.8 Å². The zero-order chi connectivity index (χ0) is 35.7. The lowest BCUT2D eigenvalue weighted by molar-refractivity contribution is -0.193. The molecule has 48 heavy (non-hydrogen) atoms. The van der Waals surface area contributed by atoms with Gasteiger partial charge in [-0.3, -0.25) is 14.6 Å². The minimum Gasteiger partial charge on any atom is -0.497 e. The first-order chi connectivity index (χ1) is 22.5. The number of piperidine rings is 1. The van der Waals surface area contributed by atoms with E-state index in [-0.39, 0.29) is 11.8 Å². The molecule has 0 saturated carbocycles. The summed E-state index contributed by atoms with van der Waals surface area (Å²) >= 11 is 0. The number of rotatable bonds is 5. The summed E-state index contributed by atoms with van der Waals surface area (Å²) in [7, 11) is 1.62. The van der Waals surface area contributed by atoms with Gasteiger partial charge in [0.1, 0.15) is 22.9 Å². The quantitative estimate of drug-likeness (QED) is 0.337. The number of hydrogen-bond acceptors (Lipinski definition) is 8. The molecule has 5 rings (SSSR count).